The molecule has 0 saturated heterocycles. The highest BCUT2D eigenvalue weighted by molar-refractivity contribution is 6.39. The molecule has 0 amide bonds. The normalized spacial score (nSPS) is 11.2. The summed E-state index contributed by atoms with van der Waals surface area (Å²) in [6.45, 7) is 5.06. The molecule has 2 aromatic heterocycles. The van der Waals surface area contributed by atoms with Gasteiger partial charge in [0.05, 0.1) is 26.8 Å². The minimum absolute atomic E-state index is 0.0330. The summed E-state index contributed by atoms with van der Waals surface area (Å²) in [4.78, 5) is 19.7. The number of hydrogen-bond donors (Lipinski definition) is 2. The predicted octanol–water partition coefficient (Wildman–Crippen LogP) is 5.97. The topological polar surface area (TPSA) is 80.0 Å². The van der Waals surface area contributed by atoms with Gasteiger partial charge in [0.25, 0.3) is 0 Å². The average Bonchev–Trinajstić information content (AvgIpc) is 3.03. The van der Waals surface area contributed by atoms with Gasteiger partial charge in [0.1, 0.15) is 18.0 Å². The summed E-state index contributed by atoms with van der Waals surface area (Å²) >= 11 is 12.2. The Labute approximate surface area is 193 Å². The van der Waals surface area contributed by atoms with Gasteiger partial charge in [-0.1, -0.05) is 23.2 Å². The van der Waals surface area contributed by atoms with Gasteiger partial charge < -0.3 is 15.0 Å². The van der Waals surface area contributed by atoms with Crippen molar-refractivity contribution in [2.45, 2.75) is 20.4 Å². The summed E-state index contributed by atoms with van der Waals surface area (Å²) < 4.78 is 16.0. The molecule has 2 aromatic carbocycles. The van der Waals surface area contributed by atoms with Gasteiger partial charge in [0.15, 0.2) is 0 Å². The van der Waals surface area contributed by atoms with Crippen LogP contribution in [-0.2, 0) is 6.54 Å². The van der Waals surface area contributed by atoms with E-state index in [9.17, 15) is 14.3 Å². The summed E-state index contributed by atoms with van der Waals surface area (Å²) in [5.74, 6) is -0.866. The first kappa shape index (κ1) is 22.0. The quantitative estimate of drug-likeness (QED) is 0.361. The lowest BCUT2D eigenvalue weighted by atomic mass is 10.1. The second-order valence-electron chi connectivity index (χ2n) is 7.43. The number of aryl methyl sites for hydroxylation is 2. The van der Waals surface area contributed by atoms with Gasteiger partial charge in [-0.05, 0) is 49.7 Å². The highest BCUT2D eigenvalue weighted by Crippen LogP contribution is 2.31. The Hall–Kier alpha value is -3.16. The van der Waals surface area contributed by atoms with Crippen molar-refractivity contribution in [2.75, 3.05) is 11.9 Å². The summed E-state index contributed by atoms with van der Waals surface area (Å²) in [6, 6.07) is 9.89. The molecular weight excluding hydrogens is 454 g/mol. The Kier molecular flexibility index (Phi) is 6.04. The van der Waals surface area contributed by atoms with E-state index in [1.807, 2.05) is 13.8 Å². The van der Waals surface area contributed by atoms with E-state index in [2.05, 4.69) is 25.9 Å². The van der Waals surface area contributed by atoms with Gasteiger partial charge in [-0.2, -0.15) is 0 Å². The van der Waals surface area contributed by atoms with E-state index in [0.29, 0.717) is 30.2 Å². The van der Waals surface area contributed by atoms with Crippen LogP contribution in [0.25, 0.3) is 22.2 Å². The highest BCUT2D eigenvalue weighted by atomic mass is 35.5. The Bertz CT molecular complexity index is 1330. The molecule has 0 aliphatic carbocycles. The van der Waals surface area contributed by atoms with Crippen molar-refractivity contribution < 1.29 is 14.3 Å². The molecule has 9 heteroatoms. The number of carboxylic acids is 1. The first-order chi connectivity index (χ1) is 15.2. The largest absolute Gasteiger partial charge is 0.478 e. The lowest BCUT2D eigenvalue weighted by molar-refractivity contribution is 0.0697. The number of aromatic nitrogens is 3. The maximum atomic E-state index is 13.9. The number of aromatic carboxylic acids is 1. The third kappa shape index (κ3) is 4.26. The van der Waals surface area contributed by atoms with Crippen LogP contribution in [0.3, 0.4) is 0 Å². The minimum Gasteiger partial charge on any atom is -0.478 e. The van der Waals surface area contributed by atoms with Crippen molar-refractivity contribution in [1.82, 2.24) is 14.5 Å². The maximum absolute atomic E-state index is 13.9. The Morgan fingerprint density at radius 1 is 1.09 bits per heavy atom. The zero-order valence-electron chi connectivity index (χ0n) is 17.3. The molecule has 4 rings (SSSR count). The minimum atomic E-state index is -1.19. The third-order valence-electron chi connectivity index (χ3n) is 5.26. The van der Waals surface area contributed by atoms with Crippen LogP contribution in [0.1, 0.15) is 21.6 Å². The predicted molar refractivity (Wildman–Crippen MR) is 124 cm³/mol. The fourth-order valence-electron chi connectivity index (χ4n) is 3.75. The first-order valence-corrected chi connectivity index (χ1v) is 10.5. The molecule has 0 radical (unpaired) electrons. The van der Waals surface area contributed by atoms with Gasteiger partial charge in [-0.25, -0.2) is 19.2 Å². The van der Waals surface area contributed by atoms with Crippen LogP contribution >= 0.6 is 23.2 Å². The zero-order chi connectivity index (χ0) is 23.0. The number of hydrogen-bond acceptors (Lipinski definition) is 4. The molecule has 32 heavy (non-hydrogen) atoms. The van der Waals surface area contributed by atoms with Crippen LogP contribution in [0.5, 0.6) is 0 Å². The van der Waals surface area contributed by atoms with Crippen molar-refractivity contribution in [3.05, 3.63) is 75.4 Å². The molecule has 4 aromatic rings. The van der Waals surface area contributed by atoms with Gasteiger partial charge in [0, 0.05) is 35.8 Å². The molecule has 0 aliphatic heterocycles. The molecule has 0 bridgehead atoms. The van der Waals surface area contributed by atoms with E-state index in [1.165, 1.54) is 24.5 Å². The Balaban J connectivity index is 1.53. The van der Waals surface area contributed by atoms with Crippen molar-refractivity contribution in [3.8, 4) is 11.3 Å². The summed E-state index contributed by atoms with van der Waals surface area (Å²) in [5.41, 5.74) is 3.78. The van der Waals surface area contributed by atoms with E-state index in [0.717, 1.165) is 22.2 Å². The smallest absolute Gasteiger partial charge is 0.338 e. The number of anilines is 1. The van der Waals surface area contributed by atoms with Gasteiger partial charge in [-0.15, -0.1) is 0 Å². The number of carboxylic acid groups (broad SMARTS) is 1. The average molecular weight is 473 g/mol. The second-order valence-corrected chi connectivity index (χ2v) is 8.24. The van der Waals surface area contributed by atoms with Crippen LogP contribution in [0.4, 0.5) is 10.2 Å². The molecule has 0 spiro atoms. The van der Waals surface area contributed by atoms with Crippen LogP contribution in [0.2, 0.25) is 10.0 Å². The molecular formula is C23H19Cl2FN4O2. The SMILES string of the molecule is Cc1cc(F)cc2c1cc(C)n2CCNc1cc(-c2cc(Cl)c(C(=O)O)c(Cl)c2)ncn1. The molecule has 0 saturated carbocycles. The fraction of sp³-hybridized carbons (Fsp3) is 0.174. The van der Waals surface area contributed by atoms with Gasteiger partial charge >= 0.3 is 5.97 Å². The van der Waals surface area contributed by atoms with E-state index >= 15 is 0 Å². The summed E-state index contributed by atoms with van der Waals surface area (Å²) in [5, 5.41) is 13.6. The first-order valence-electron chi connectivity index (χ1n) is 9.79. The lowest BCUT2D eigenvalue weighted by Crippen LogP contribution is -2.12. The molecule has 0 atom stereocenters. The number of nitrogens with zero attached hydrogens (tertiary/aromatic N) is 3. The Morgan fingerprint density at radius 2 is 1.81 bits per heavy atom. The van der Waals surface area contributed by atoms with Crippen LogP contribution in [0, 0.1) is 19.7 Å². The van der Waals surface area contributed by atoms with E-state index < -0.39 is 5.97 Å². The monoisotopic (exact) mass is 472 g/mol. The summed E-state index contributed by atoms with van der Waals surface area (Å²) in [7, 11) is 0. The molecule has 0 fully saturated rings. The highest BCUT2D eigenvalue weighted by Gasteiger charge is 2.16. The zero-order valence-corrected chi connectivity index (χ0v) is 18.8. The molecule has 2 heterocycles. The standard InChI is InChI=1S/C23H19Cl2FN4O2/c1-12-5-15(26)9-20-16(12)6-13(2)30(20)4-3-27-21-10-19(28-11-29-21)14-7-17(24)22(23(31)32)18(25)8-14/h5-11H,3-4H2,1-2H3,(H,31,32)(H,27,28,29). The van der Waals surface area contributed by atoms with Gasteiger partial charge in [-0.3, -0.25) is 0 Å². The molecule has 0 aliphatic rings. The number of carbonyl (C=O) groups is 1. The van der Waals surface area contributed by atoms with Gasteiger partial charge in [0.2, 0.25) is 0 Å². The molecule has 0 unspecified atom stereocenters. The van der Waals surface area contributed by atoms with E-state index in [1.54, 1.807) is 12.1 Å². The summed E-state index contributed by atoms with van der Waals surface area (Å²) in [6.07, 6.45) is 1.40. The van der Waals surface area contributed by atoms with Crippen molar-refractivity contribution in [2.24, 2.45) is 0 Å². The van der Waals surface area contributed by atoms with Crippen molar-refractivity contribution >= 4 is 45.9 Å². The molecule has 6 nitrogen and oxygen atoms in total. The number of benzene rings is 2. The maximum Gasteiger partial charge on any atom is 0.338 e. The third-order valence-corrected chi connectivity index (χ3v) is 5.86. The molecule has 164 valence electrons. The second kappa shape index (κ2) is 8.76. The molecule has 2 N–H and O–H groups in total. The number of fused-ring (bicyclic) bond motifs is 1. The Morgan fingerprint density at radius 3 is 2.50 bits per heavy atom. The fourth-order valence-corrected chi connectivity index (χ4v) is 4.40. The lowest BCUT2D eigenvalue weighted by Gasteiger charge is -2.11. The van der Waals surface area contributed by atoms with Crippen molar-refractivity contribution in [1.29, 1.82) is 0 Å². The number of halogens is 3. The van der Waals surface area contributed by atoms with E-state index in [4.69, 9.17) is 23.2 Å². The van der Waals surface area contributed by atoms with Crippen LogP contribution in [-0.4, -0.2) is 32.2 Å². The van der Waals surface area contributed by atoms with Crippen LogP contribution < -0.4 is 5.32 Å². The number of rotatable bonds is 6. The van der Waals surface area contributed by atoms with E-state index in [-0.39, 0.29) is 21.4 Å². The van der Waals surface area contributed by atoms with Crippen LogP contribution in [0.15, 0.2) is 42.7 Å². The number of nitrogens with one attached hydrogen (secondary N) is 1. The van der Waals surface area contributed by atoms with Crippen molar-refractivity contribution in [3.63, 3.8) is 0 Å².